The molecule has 28 heavy (non-hydrogen) atoms. The third kappa shape index (κ3) is 2.71. The molecule has 2 unspecified atom stereocenters. The van der Waals surface area contributed by atoms with Crippen molar-refractivity contribution in [3.8, 4) is 5.75 Å². The van der Waals surface area contributed by atoms with Crippen LogP contribution in [0.5, 0.6) is 5.75 Å². The van der Waals surface area contributed by atoms with Gasteiger partial charge in [-0.2, -0.15) is 0 Å². The fourth-order valence-electron chi connectivity index (χ4n) is 4.76. The van der Waals surface area contributed by atoms with Crippen molar-refractivity contribution in [1.82, 2.24) is 19.5 Å². The molecule has 0 saturated carbocycles. The Morgan fingerprint density at radius 2 is 1.93 bits per heavy atom. The van der Waals surface area contributed by atoms with Crippen molar-refractivity contribution in [3.05, 3.63) is 59.5 Å². The van der Waals surface area contributed by atoms with Crippen LogP contribution in [0.4, 0.5) is 0 Å². The molecule has 2 N–H and O–H groups in total. The summed E-state index contributed by atoms with van der Waals surface area (Å²) in [5, 5.41) is 8.92. The number of hydrogen-bond donors (Lipinski definition) is 1. The van der Waals surface area contributed by atoms with E-state index in [1.807, 2.05) is 18.3 Å². The molecular formula is C22H27N5O. The van der Waals surface area contributed by atoms with Gasteiger partial charge in [-0.25, -0.2) is 0 Å². The Kier molecular flexibility index (Phi) is 4.14. The summed E-state index contributed by atoms with van der Waals surface area (Å²) in [7, 11) is 2.16. The van der Waals surface area contributed by atoms with E-state index >= 15 is 0 Å². The molecule has 1 saturated heterocycles. The number of aromatic nitrogens is 3. The Labute approximate surface area is 165 Å². The van der Waals surface area contributed by atoms with E-state index in [1.54, 1.807) is 0 Å². The monoisotopic (exact) mass is 377 g/mol. The second-order valence-electron chi connectivity index (χ2n) is 8.33. The van der Waals surface area contributed by atoms with Gasteiger partial charge >= 0.3 is 0 Å². The number of nitrogens with two attached hydrogens (primary N) is 1. The standard InChI is InChI=1S/C22H27N5O/c1-22(12-5-13-26(22)2)21-25-24-20-11-8-15(14-27(20)21)28-19-10-9-18(23)16-6-3-4-7-17(16)19/h3-4,6-8,11,14,18-19H,5,9-10,12-13,23H2,1-2H3/t18?,19?,22-/m0/s1. The number of fused-ring (bicyclic) bond motifs is 2. The van der Waals surface area contributed by atoms with Crippen LogP contribution >= 0.6 is 0 Å². The molecule has 6 nitrogen and oxygen atoms in total. The summed E-state index contributed by atoms with van der Waals surface area (Å²) in [6.07, 6.45) is 6.19. The van der Waals surface area contributed by atoms with E-state index in [4.69, 9.17) is 10.5 Å². The predicted octanol–water partition coefficient (Wildman–Crippen LogP) is 3.58. The van der Waals surface area contributed by atoms with E-state index in [-0.39, 0.29) is 17.7 Å². The molecule has 1 aliphatic carbocycles. The van der Waals surface area contributed by atoms with Crippen molar-refractivity contribution in [3.63, 3.8) is 0 Å². The molecule has 0 bridgehead atoms. The molecule has 1 fully saturated rings. The normalized spacial score (nSPS) is 27.8. The molecule has 0 radical (unpaired) electrons. The highest BCUT2D eigenvalue weighted by Crippen LogP contribution is 2.39. The minimum atomic E-state index is -0.0950. The second kappa shape index (κ2) is 6.57. The molecule has 2 aromatic heterocycles. The fourth-order valence-corrected chi connectivity index (χ4v) is 4.76. The van der Waals surface area contributed by atoms with E-state index in [0.717, 1.165) is 43.0 Å². The number of nitrogens with zero attached hydrogens (tertiary/aromatic N) is 4. The highest BCUT2D eigenvalue weighted by Gasteiger charge is 2.39. The van der Waals surface area contributed by atoms with Gasteiger partial charge in [-0.3, -0.25) is 9.30 Å². The molecule has 5 rings (SSSR count). The van der Waals surface area contributed by atoms with Gasteiger partial charge in [0.2, 0.25) is 0 Å². The smallest absolute Gasteiger partial charge is 0.161 e. The topological polar surface area (TPSA) is 68.7 Å². The zero-order valence-electron chi connectivity index (χ0n) is 16.5. The van der Waals surface area contributed by atoms with Crippen LogP contribution in [0, 0.1) is 0 Å². The van der Waals surface area contributed by atoms with Crippen molar-refractivity contribution in [2.24, 2.45) is 5.73 Å². The summed E-state index contributed by atoms with van der Waals surface area (Å²) in [5.74, 6) is 1.83. The molecular weight excluding hydrogens is 350 g/mol. The number of benzene rings is 1. The summed E-state index contributed by atoms with van der Waals surface area (Å²) < 4.78 is 8.53. The maximum atomic E-state index is 6.44. The number of pyridine rings is 1. The Bertz CT molecular complexity index is 1020. The number of likely N-dealkylation sites (tertiary alicyclic amines) is 1. The van der Waals surface area contributed by atoms with E-state index in [1.165, 1.54) is 17.5 Å². The lowest BCUT2D eigenvalue weighted by Crippen LogP contribution is -2.37. The molecule has 3 heterocycles. The summed E-state index contributed by atoms with van der Waals surface area (Å²) in [4.78, 5) is 2.37. The molecule has 1 aromatic carbocycles. The lowest BCUT2D eigenvalue weighted by atomic mass is 9.86. The quantitative estimate of drug-likeness (QED) is 0.755. The van der Waals surface area contributed by atoms with Crippen molar-refractivity contribution in [2.45, 2.75) is 50.3 Å². The third-order valence-electron chi connectivity index (χ3n) is 6.62. The summed E-state index contributed by atoms with van der Waals surface area (Å²) in [5.41, 5.74) is 9.46. The van der Waals surface area contributed by atoms with Crippen molar-refractivity contribution in [1.29, 1.82) is 0 Å². The Morgan fingerprint density at radius 3 is 2.71 bits per heavy atom. The van der Waals surface area contributed by atoms with Crippen LogP contribution in [0.1, 0.15) is 61.7 Å². The fraction of sp³-hybridized carbons (Fsp3) is 0.455. The van der Waals surface area contributed by atoms with Crippen LogP contribution in [0.2, 0.25) is 0 Å². The molecule has 1 aliphatic heterocycles. The van der Waals surface area contributed by atoms with Crippen LogP contribution < -0.4 is 10.5 Å². The first-order chi connectivity index (χ1) is 13.6. The van der Waals surface area contributed by atoms with Gasteiger partial charge in [0.05, 0.1) is 11.7 Å². The first-order valence-corrected chi connectivity index (χ1v) is 10.1. The number of ether oxygens (including phenoxy) is 1. The first kappa shape index (κ1) is 17.6. The van der Waals surface area contributed by atoms with E-state index in [9.17, 15) is 0 Å². The zero-order valence-corrected chi connectivity index (χ0v) is 16.5. The predicted molar refractivity (Wildman–Crippen MR) is 108 cm³/mol. The lowest BCUT2D eigenvalue weighted by molar-refractivity contribution is 0.174. The van der Waals surface area contributed by atoms with Gasteiger partial charge in [0.1, 0.15) is 11.9 Å². The maximum absolute atomic E-state index is 6.44. The van der Waals surface area contributed by atoms with Gasteiger partial charge in [0, 0.05) is 6.04 Å². The minimum Gasteiger partial charge on any atom is -0.484 e. The Morgan fingerprint density at radius 1 is 1.11 bits per heavy atom. The van der Waals surface area contributed by atoms with Gasteiger partial charge in [0.25, 0.3) is 0 Å². The first-order valence-electron chi connectivity index (χ1n) is 10.1. The van der Waals surface area contributed by atoms with E-state index in [0.29, 0.717) is 0 Å². The molecule has 6 heteroatoms. The SMILES string of the molecule is CN1CCC[C@@]1(C)c1nnc2ccc(OC3CCC(N)c4ccccc43)cn12. The summed E-state index contributed by atoms with van der Waals surface area (Å²) >= 11 is 0. The van der Waals surface area contributed by atoms with Crippen LogP contribution in [0.15, 0.2) is 42.6 Å². The van der Waals surface area contributed by atoms with Crippen LogP contribution in [0.25, 0.3) is 5.65 Å². The highest BCUT2D eigenvalue weighted by atomic mass is 16.5. The maximum Gasteiger partial charge on any atom is 0.161 e. The van der Waals surface area contributed by atoms with Crippen molar-refractivity contribution in [2.75, 3.05) is 13.6 Å². The van der Waals surface area contributed by atoms with Gasteiger partial charge in [-0.15, -0.1) is 10.2 Å². The Hall–Kier alpha value is -2.44. The third-order valence-corrected chi connectivity index (χ3v) is 6.62. The van der Waals surface area contributed by atoms with Crippen molar-refractivity contribution < 1.29 is 4.74 Å². The summed E-state index contributed by atoms with van der Waals surface area (Å²) in [6, 6.07) is 12.4. The largest absolute Gasteiger partial charge is 0.484 e. The minimum absolute atomic E-state index is 0.0260. The van der Waals surface area contributed by atoms with E-state index < -0.39 is 0 Å². The zero-order chi connectivity index (χ0) is 19.3. The average molecular weight is 377 g/mol. The molecule has 146 valence electrons. The summed E-state index contributed by atoms with van der Waals surface area (Å²) in [6.45, 7) is 3.34. The Balaban J connectivity index is 1.50. The van der Waals surface area contributed by atoms with Gasteiger partial charge in [-0.05, 0) is 69.5 Å². The second-order valence-corrected chi connectivity index (χ2v) is 8.33. The molecule has 0 amide bonds. The molecule has 3 atom stereocenters. The van der Waals surface area contributed by atoms with Gasteiger partial charge in [0.15, 0.2) is 11.5 Å². The van der Waals surface area contributed by atoms with Gasteiger partial charge < -0.3 is 10.5 Å². The van der Waals surface area contributed by atoms with Crippen LogP contribution in [-0.4, -0.2) is 33.1 Å². The van der Waals surface area contributed by atoms with Gasteiger partial charge in [-0.1, -0.05) is 24.3 Å². The van der Waals surface area contributed by atoms with Crippen LogP contribution in [0.3, 0.4) is 0 Å². The molecule has 0 spiro atoms. The number of hydrogen-bond acceptors (Lipinski definition) is 5. The average Bonchev–Trinajstić information content (AvgIpc) is 3.28. The van der Waals surface area contributed by atoms with Crippen molar-refractivity contribution >= 4 is 5.65 Å². The highest BCUT2D eigenvalue weighted by molar-refractivity contribution is 5.43. The molecule has 2 aliphatic rings. The van der Waals surface area contributed by atoms with Crippen LogP contribution in [-0.2, 0) is 5.54 Å². The molecule has 3 aromatic rings. The number of rotatable bonds is 3. The van der Waals surface area contributed by atoms with E-state index in [2.05, 4.69) is 57.7 Å². The lowest BCUT2D eigenvalue weighted by Gasteiger charge is -2.31.